The van der Waals surface area contributed by atoms with Crippen LogP contribution in [-0.4, -0.2) is 72.8 Å². The topological polar surface area (TPSA) is 159 Å². The summed E-state index contributed by atoms with van der Waals surface area (Å²) in [5, 5.41) is 2.68. The molecule has 0 unspecified atom stereocenters. The predicted octanol–water partition coefficient (Wildman–Crippen LogP) is 1.78. The minimum atomic E-state index is -0.887. The summed E-state index contributed by atoms with van der Waals surface area (Å²) in [5.74, 6) is -2.74. The van der Waals surface area contributed by atoms with Crippen LogP contribution in [0.2, 0.25) is 0 Å². The van der Waals surface area contributed by atoms with Crippen molar-refractivity contribution in [2.45, 2.75) is 32.4 Å². The van der Waals surface area contributed by atoms with Crippen LogP contribution in [0.5, 0.6) is 11.6 Å². The van der Waals surface area contributed by atoms with Crippen molar-refractivity contribution in [1.29, 1.82) is 0 Å². The Kier molecular flexibility index (Phi) is 7.35. The first-order valence-electron chi connectivity index (χ1n) is 11.6. The molecule has 0 radical (unpaired) electrons. The van der Waals surface area contributed by atoms with Gasteiger partial charge in [0.05, 0.1) is 24.0 Å². The van der Waals surface area contributed by atoms with Gasteiger partial charge in [-0.25, -0.2) is 23.7 Å². The van der Waals surface area contributed by atoms with Crippen molar-refractivity contribution in [2.75, 3.05) is 30.7 Å². The summed E-state index contributed by atoms with van der Waals surface area (Å²) in [6, 6.07) is 2.30. The number of H-pyrrole nitrogens is 1. The van der Waals surface area contributed by atoms with E-state index in [-0.39, 0.29) is 40.8 Å². The number of aromatic nitrogens is 4. The molecule has 3 heterocycles. The van der Waals surface area contributed by atoms with Gasteiger partial charge in [-0.1, -0.05) is 0 Å². The van der Waals surface area contributed by atoms with Crippen molar-refractivity contribution in [3.05, 3.63) is 64.5 Å². The number of nitrogens with zero attached hydrogens (tertiary/aromatic N) is 5. The van der Waals surface area contributed by atoms with Crippen molar-refractivity contribution in [3.63, 3.8) is 0 Å². The van der Waals surface area contributed by atoms with Gasteiger partial charge in [-0.3, -0.25) is 19.3 Å². The molecule has 0 bridgehead atoms. The minimum Gasteiger partial charge on any atom is -0.434 e. The SMILES string of the molecule is C[C@@H](C(=O)Nc1cnc(Oc2ccc(F)cc2F)cn1)N1CCN(C(=O)c2c[nH]c(=O)c(N)n2)C(C)(C)C1. The van der Waals surface area contributed by atoms with Crippen LogP contribution in [0.25, 0.3) is 0 Å². The normalized spacial score (nSPS) is 16.1. The molecular weight excluding hydrogens is 502 g/mol. The fraction of sp³-hybridized carbons (Fsp3) is 0.333. The fourth-order valence-corrected chi connectivity index (χ4v) is 4.07. The van der Waals surface area contributed by atoms with Gasteiger partial charge in [0.1, 0.15) is 11.5 Å². The van der Waals surface area contributed by atoms with Crippen LogP contribution in [0.4, 0.5) is 20.4 Å². The van der Waals surface area contributed by atoms with Gasteiger partial charge in [-0.2, -0.15) is 0 Å². The molecule has 1 atom stereocenters. The summed E-state index contributed by atoms with van der Waals surface area (Å²) in [5.41, 5.74) is 4.34. The van der Waals surface area contributed by atoms with Crippen LogP contribution in [0.3, 0.4) is 0 Å². The number of aromatic amines is 1. The van der Waals surface area contributed by atoms with E-state index in [1.807, 2.05) is 18.7 Å². The van der Waals surface area contributed by atoms with Gasteiger partial charge in [-0.15, -0.1) is 0 Å². The molecule has 1 aliphatic rings. The summed E-state index contributed by atoms with van der Waals surface area (Å²) in [6.45, 7) is 6.57. The first-order valence-corrected chi connectivity index (χ1v) is 11.6. The lowest BCUT2D eigenvalue weighted by Gasteiger charge is -2.48. The van der Waals surface area contributed by atoms with Crippen molar-refractivity contribution < 1.29 is 23.1 Å². The third kappa shape index (κ3) is 5.75. The molecule has 1 aromatic carbocycles. The third-order valence-corrected chi connectivity index (χ3v) is 6.12. The number of piperazine rings is 1. The Morgan fingerprint density at radius 3 is 2.61 bits per heavy atom. The first kappa shape index (κ1) is 26.6. The molecule has 14 heteroatoms. The number of benzene rings is 1. The fourth-order valence-electron chi connectivity index (χ4n) is 4.07. The molecular formula is C24H26F2N8O4. The molecule has 4 rings (SSSR count). The summed E-state index contributed by atoms with van der Waals surface area (Å²) < 4.78 is 32.1. The van der Waals surface area contributed by atoms with Crippen LogP contribution < -0.4 is 21.3 Å². The summed E-state index contributed by atoms with van der Waals surface area (Å²) in [6.07, 6.45) is 3.69. The lowest BCUT2D eigenvalue weighted by molar-refractivity contribution is -0.122. The maximum Gasteiger partial charge on any atom is 0.290 e. The molecule has 1 aliphatic heterocycles. The summed E-state index contributed by atoms with van der Waals surface area (Å²) >= 11 is 0. The van der Waals surface area contributed by atoms with Gasteiger partial charge in [0.2, 0.25) is 11.8 Å². The zero-order valence-corrected chi connectivity index (χ0v) is 20.9. The van der Waals surface area contributed by atoms with Gasteiger partial charge in [0.25, 0.3) is 11.5 Å². The smallest absolute Gasteiger partial charge is 0.290 e. The molecule has 0 aliphatic carbocycles. The van der Waals surface area contributed by atoms with E-state index < -0.39 is 28.8 Å². The predicted molar refractivity (Wildman–Crippen MR) is 133 cm³/mol. The average Bonchev–Trinajstić information content (AvgIpc) is 2.87. The van der Waals surface area contributed by atoms with Crippen LogP contribution in [0, 0.1) is 11.6 Å². The van der Waals surface area contributed by atoms with Crippen LogP contribution in [0.15, 0.2) is 41.6 Å². The number of nitrogens with two attached hydrogens (primary N) is 1. The van der Waals surface area contributed by atoms with Crippen molar-refractivity contribution in [3.8, 4) is 11.6 Å². The Bertz CT molecular complexity index is 1410. The summed E-state index contributed by atoms with van der Waals surface area (Å²) in [7, 11) is 0. The molecule has 0 spiro atoms. The maximum absolute atomic E-state index is 13.8. The number of anilines is 2. The number of ether oxygens (including phenoxy) is 1. The van der Waals surface area contributed by atoms with Gasteiger partial charge in [-0.05, 0) is 32.9 Å². The van der Waals surface area contributed by atoms with Crippen LogP contribution >= 0.6 is 0 Å². The van der Waals surface area contributed by atoms with Gasteiger partial charge in [0.15, 0.2) is 23.2 Å². The lowest BCUT2D eigenvalue weighted by atomic mass is 9.97. The van der Waals surface area contributed by atoms with E-state index in [2.05, 4.69) is 25.3 Å². The highest BCUT2D eigenvalue weighted by Gasteiger charge is 2.40. The number of carbonyl (C=O) groups is 2. The Hall–Kier alpha value is -4.46. The number of amides is 2. The zero-order valence-electron chi connectivity index (χ0n) is 20.9. The second kappa shape index (κ2) is 10.5. The summed E-state index contributed by atoms with van der Waals surface area (Å²) in [4.78, 5) is 55.3. The highest BCUT2D eigenvalue weighted by atomic mass is 19.1. The van der Waals surface area contributed by atoms with Crippen molar-refractivity contribution in [2.24, 2.45) is 0 Å². The van der Waals surface area contributed by atoms with E-state index in [1.165, 1.54) is 18.6 Å². The number of rotatable bonds is 6. The largest absolute Gasteiger partial charge is 0.434 e. The Balaban J connectivity index is 1.36. The van der Waals surface area contributed by atoms with Gasteiger partial charge < -0.3 is 25.7 Å². The van der Waals surface area contributed by atoms with E-state index in [0.717, 1.165) is 12.1 Å². The molecule has 3 aromatic rings. The van der Waals surface area contributed by atoms with E-state index in [9.17, 15) is 23.2 Å². The minimum absolute atomic E-state index is 0.0302. The third-order valence-electron chi connectivity index (χ3n) is 6.12. The molecule has 1 saturated heterocycles. The molecule has 4 N–H and O–H groups in total. The Labute approximate surface area is 215 Å². The quantitative estimate of drug-likeness (QED) is 0.433. The van der Waals surface area contributed by atoms with Gasteiger partial charge >= 0.3 is 0 Å². The van der Waals surface area contributed by atoms with Crippen LogP contribution in [0.1, 0.15) is 31.3 Å². The number of halogens is 2. The standard InChI is InChI=1S/C24H26F2N8O4/c1-13(21(35)32-18-10-29-19(11-28-18)38-17-5-4-14(25)8-15(17)26)33-6-7-34(24(2,3)12-33)23(37)16-9-30-22(36)20(27)31-16/h4-5,8-11,13H,6-7,12H2,1-3H3,(H2,27,31)(H,30,36)(H,28,32,35)/t13-/m0/s1. The highest BCUT2D eigenvalue weighted by molar-refractivity contribution is 5.94. The Morgan fingerprint density at radius 1 is 1.21 bits per heavy atom. The zero-order chi connectivity index (χ0) is 27.6. The van der Waals surface area contributed by atoms with Crippen LogP contribution in [-0.2, 0) is 4.79 Å². The van der Waals surface area contributed by atoms with Crippen molar-refractivity contribution in [1.82, 2.24) is 29.7 Å². The average molecular weight is 529 g/mol. The number of hydrogen-bond acceptors (Lipinski definition) is 9. The Morgan fingerprint density at radius 2 is 1.97 bits per heavy atom. The number of nitrogen functional groups attached to an aromatic ring is 1. The number of nitrogens with one attached hydrogen (secondary N) is 2. The van der Waals surface area contributed by atoms with E-state index in [4.69, 9.17) is 10.5 Å². The molecule has 1 fully saturated rings. The van der Waals surface area contributed by atoms with Crippen molar-refractivity contribution >= 4 is 23.5 Å². The second-order valence-electron chi connectivity index (χ2n) is 9.32. The second-order valence-corrected chi connectivity index (χ2v) is 9.32. The van der Waals surface area contributed by atoms with Gasteiger partial charge in [0, 0.05) is 31.9 Å². The molecule has 2 amide bonds. The van der Waals surface area contributed by atoms with E-state index in [0.29, 0.717) is 25.7 Å². The molecule has 2 aromatic heterocycles. The molecule has 38 heavy (non-hydrogen) atoms. The molecule has 12 nitrogen and oxygen atoms in total. The first-order chi connectivity index (χ1) is 17.9. The maximum atomic E-state index is 13.8. The van der Waals surface area contributed by atoms with E-state index in [1.54, 1.807) is 11.8 Å². The monoisotopic (exact) mass is 528 g/mol. The number of hydrogen-bond donors (Lipinski definition) is 3. The van der Waals surface area contributed by atoms with E-state index >= 15 is 0 Å². The number of carbonyl (C=O) groups excluding carboxylic acids is 2. The lowest BCUT2D eigenvalue weighted by Crippen LogP contribution is -2.63. The molecule has 0 saturated carbocycles. The highest BCUT2D eigenvalue weighted by Crippen LogP contribution is 2.25. The molecule has 200 valence electrons.